The van der Waals surface area contributed by atoms with Crippen LogP contribution in [0.1, 0.15) is 25.8 Å². The van der Waals surface area contributed by atoms with E-state index in [0.717, 1.165) is 29.5 Å². The van der Waals surface area contributed by atoms with Gasteiger partial charge in [0.2, 0.25) is 0 Å². The Morgan fingerprint density at radius 1 is 1.03 bits per heavy atom. The molecule has 0 spiro atoms. The first-order valence-electron chi connectivity index (χ1n) is 9.45. The Morgan fingerprint density at radius 3 is 2.27 bits per heavy atom. The number of aromatic nitrogens is 2. The molecule has 0 fully saturated rings. The molecule has 3 aromatic rings. The van der Waals surface area contributed by atoms with Gasteiger partial charge in [0.25, 0.3) is 5.56 Å². The molecule has 0 unspecified atom stereocenters. The minimum atomic E-state index is -3.34. The first kappa shape index (κ1) is 21.8. The molecular weight excluding hydrogens is 410 g/mol. The van der Waals surface area contributed by atoms with Gasteiger partial charge in [0.1, 0.15) is 0 Å². The molecule has 2 aromatic carbocycles. The molecule has 0 saturated carbocycles. The van der Waals surface area contributed by atoms with Gasteiger partial charge < -0.3 is 0 Å². The predicted octanol–water partition coefficient (Wildman–Crippen LogP) is 4.17. The summed E-state index contributed by atoms with van der Waals surface area (Å²) in [5, 5.41) is 4.15. The topological polar surface area (TPSA) is 69.0 Å². The average Bonchev–Trinajstić information content (AvgIpc) is 2.68. The lowest BCUT2D eigenvalue weighted by Gasteiger charge is -2.14. The van der Waals surface area contributed by atoms with Gasteiger partial charge in [-0.05, 0) is 48.6 Å². The summed E-state index contributed by atoms with van der Waals surface area (Å²) in [6.07, 6.45) is 3.83. The smallest absolute Gasteiger partial charge is 0.267 e. The third-order valence-electron chi connectivity index (χ3n) is 4.79. The Balaban J connectivity index is 2.14. The van der Waals surface area contributed by atoms with Gasteiger partial charge in [-0.2, -0.15) is 9.78 Å². The summed E-state index contributed by atoms with van der Waals surface area (Å²) in [4.78, 5) is 13.4. The zero-order valence-corrected chi connectivity index (χ0v) is 17.7. The zero-order valence-electron chi connectivity index (χ0n) is 16.9. The maximum Gasteiger partial charge on any atom is 0.275 e. The normalized spacial score (nSPS) is 11.8. The molecule has 8 heteroatoms. The molecule has 30 heavy (non-hydrogen) atoms. The highest BCUT2D eigenvalue weighted by Crippen LogP contribution is 2.25. The highest BCUT2D eigenvalue weighted by atomic mass is 32.2. The molecule has 0 N–H and O–H groups in total. The van der Waals surface area contributed by atoms with E-state index in [1.54, 1.807) is 12.1 Å². The van der Waals surface area contributed by atoms with Gasteiger partial charge in [-0.1, -0.05) is 26.0 Å². The van der Waals surface area contributed by atoms with Crippen molar-refractivity contribution in [2.45, 2.75) is 31.6 Å². The summed E-state index contributed by atoms with van der Waals surface area (Å²) in [6.45, 7) is 4.07. The molecule has 0 radical (unpaired) electrons. The molecule has 0 aliphatic heterocycles. The van der Waals surface area contributed by atoms with E-state index in [2.05, 4.69) is 5.10 Å². The number of hydrogen-bond donors (Lipinski definition) is 0. The maximum absolute atomic E-state index is 13.7. The Labute approximate surface area is 173 Å². The van der Waals surface area contributed by atoms with Gasteiger partial charge in [0.05, 0.1) is 16.8 Å². The second kappa shape index (κ2) is 8.47. The van der Waals surface area contributed by atoms with E-state index in [0.29, 0.717) is 29.0 Å². The Kier molecular flexibility index (Phi) is 6.17. The number of rotatable bonds is 6. The van der Waals surface area contributed by atoms with Crippen LogP contribution in [0.25, 0.3) is 16.8 Å². The molecule has 5 nitrogen and oxygen atoms in total. The largest absolute Gasteiger partial charge is 0.275 e. The second-order valence-corrected chi connectivity index (χ2v) is 9.60. The van der Waals surface area contributed by atoms with Crippen molar-refractivity contribution in [1.29, 1.82) is 0 Å². The first-order valence-corrected chi connectivity index (χ1v) is 11.3. The molecule has 0 aliphatic rings. The molecule has 0 aliphatic carbocycles. The van der Waals surface area contributed by atoms with Crippen molar-refractivity contribution < 1.29 is 17.2 Å². The highest BCUT2D eigenvalue weighted by Gasteiger charge is 2.16. The van der Waals surface area contributed by atoms with Crippen LogP contribution in [0, 0.1) is 17.6 Å². The number of benzene rings is 2. The Morgan fingerprint density at radius 2 is 1.70 bits per heavy atom. The Hall–Kier alpha value is -2.87. The molecule has 0 saturated heterocycles. The van der Waals surface area contributed by atoms with Crippen molar-refractivity contribution in [1.82, 2.24) is 9.78 Å². The van der Waals surface area contributed by atoms with Gasteiger partial charge >= 0.3 is 0 Å². The lowest BCUT2D eigenvalue weighted by atomic mass is 9.96. The summed E-state index contributed by atoms with van der Waals surface area (Å²) in [6, 6.07) is 9.40. The van der Waals surface area contributed by atoms with Gasteiger partial charge in [-0.25, -0.2) is 17.2 Å². The lowest BCUT2D eigenvalue weighted by Crippen LogP contribution is -2.26. The summed E-state index contributed by atoms with van der Waals surface area (Å²) >= 11 is 0. The van der Waals surface area contributed by atoms with Gasteiger partial charge in [-0.3, -0.25) is 4.79 Å². The molecule has 0 atom stereocenters. The van der Waals surface area contributed by atoms with Crippen LogP contribution in [0.5, 0.6) is 0 Å². The minimum Gasteiger partial charge on any atom is -0.267 e. The second-order valence-electron chi connectivity index (χ2n) is 7.58. The fourth-order valence-electron chi connectivity index (χ4n) is 3.09. The van der Waals surface area contributed by atoms with Crippen molar-refractivity contribution in [3.63, 3.8) is 0 Å². The standard InChI is InChI=1S/C22H22F2N2O3S/c1-14(2)4-10-18-19(15-5-8-17(9-6-15)30(3,28)29)13-25-26(22(18)27)16-7-11-20(23)21(24)12-16/h5-9,11-14H,4,10H2,1-3H3. The summed E-state index contributed by atoms with van der Waals surface area (Å²) in [5.41, 5.74) is 1.42. The van der Waals surface area contributed by atoms with E-state index in [-0.39, 0.29) is 10.6 Å². The fourth-order valence-corrected chi connectivity index (χ4v) is 3.73. The third-order valence-corrected chi connectivity index (χ3v) is 5.92. The van der Waals surface area contributed by atoms with Crippen LogP contribution in [0.15, 0.2) is 58.4 Å². The minimum absolute atomic E-state index is 0.128. The highest BCUT2D eigenvalue weighted by molar-refractivity contribution is 7.90. The Bertz CT molecular complexity index is 1230. The van der Waals surface area contributed by atoms with Gasteiger partial charge in [-0.15, -0.1) is 0 Å². The van der Waals surface area contributed by atoms with Gasteiger partial charge in [0, 0.05) is 23.4 Å². The van der Waals surface area contributed by atoms with Crippen LogP contribution in [-0.2, 0) is 16.3 Å². The summed E-state index contributed by atoms with van der Waals surface area (Å²) in [5.74, 6) is -1.73. The van der Waals surface area contributed by atoms with Crippen LogP contribution in [-0.4, -0.2) is 24.5 Å². The van der Waals surface area contributed by atoms with E-state index in [4.69, 9.17) is 0 Å². The average molecular weight is 432 g/mol. The quantitative estimate of drug-likeness (QED) is 0.586. The molecular formula is C22H22F2N2O3S. The molecule has 158 valence electrons. The third kappa shape index (κ3) is 4.64. The molecule has 0 amide bonds. The van der Waals surface area contributed by atoms with E-state index < -0.39 is 27.0 Å². The van der Waals surface area contributed by atoms with E-state index in [9.17, 15) is 22.0 Å². The number of halogens is 2. The van der Waals surface area contributed by atoms with Crippen molar-refractivity contribution in [2.75, 3.05) is 6.26 Å². The van der Waals surface area contributed by atoms with E-state index in [1.165, 1.54) is 24.4 Å². The molecule has 1 aromatic heterocycles. The number of nitrogens with zero attached hydrogens (tertiary/aromatic N) is 2. The number of sulfone groups is 1. The first-order chi connectivity index (χ1) is 14.1. The van der Waals surface area contributed by atoms with Crippen molar-refractivity contribution in [3.05, 3.63) is 76.2 Å². The summed E-state index contributed by atoms with van der Waals surface area (Å²) in [7, 11) is -3.34. The maximum atomic E-state index is 13.7. The van der Waals surface area contributed by atoms with Crippen LogP contribution < -0.4 is 5.56 Å². The van der Waals surface area contributed by atoms with Crippen LogP contribution >= 0.6 is 0 Å². The van der Waals surface area contributed by atoms with Crippen molar-refractivity contribution in [3.8, 4) is 16.8 Å². The zero-order chi connectivity index (χ0) is 22.1. The molecule has 1 heterocycles. The predicted molar refractivity (Wildman–Crippen MR) is 111 cm³/mol. The van der Waals surface area contributed by atoms with Crippen molar-refractivity contribution >= 4 is 9.84 Å². The fraction of sp³-hybridized carbons (Fsp3) is 0.273. The van der Waals surface area contributed by atoms with E-state index >= 15 is 0 Å². The number of hydrogen-bond acceptors (Lipinski definition) is 4. The molecule has 0 bridgehead atoms. The van der Waals surface area contributed by atoms with Crippen molar-refractivity contribution in [2.24, 2.45) is 5.92 Å². The molecule has 3 rings (SSSR count). The van der Waals surface area contributed by atoms with Crippen LogP contribution in [0.2, 0.25) is 0 Å². The SMILES string of the molecule is CC(C)CCc1c(-c2ccc(S(C)(=O)=O)cc2)cnn(-c2ccc(F)c(F)c2)c1=O. The lowest BCUT2D eigenvalue weighted by molar-refractivity contribution is 0.507. The monoisotopic (exact) mass is 432 g/mol. The van der Waals surface area contributed by atoms with Gasteiger partial charge in [0.15, 0.2) is 21.5 Å². The summed E-state index contributed by atoms with van der Waals surface area (Å²) < 4.78 is 51.4. The van der Waals surface area contributed by atoms with E-state index in [1.807, 2.05) is 13.8 Å². The van der Waals surface area contributed by atoms with Crippen LogP contribution in [0.3, 0.4) is 0 Å². The van der Waals surface area contributed by atoms with Crippen LogP contribution in [0.4, 0.5) is 8.78 Å².